The maximum absolute atomic E-state index is 13.5. The fraction of sp³-hybridized carbons (Fsp3) is 0.125. The number of hydrogen-bond acceptors (Lipinski definition) is 5. The lowest BCUT2D eigenvalue weighted by atomic mass is 10.2. The zero-order chi connectivity index (χ0) is 16.8. The molecule has 0 N–H and O–H groups in total. The van der Waals surface area contributed by atoms with E-state index in [1.807, 2.05) is 0 Å². The van der Waals surface area contributed by atoms with Gasteiger partial charge in [-0.25, -0.2) is 14.0 Å². The Morgan fingerprint density at radius 3 is 2.87 bits per heavy atom. The molecule has 0 aliphatic rings. The summed E-state index contributed by atoms with van der Waals surface area (Å²) in [5.74, 6) is -1.57. The number of methoxy groups -OCH3 is 1. The summed E-state index contributed by atoms with van der Waals surface area (Å²) in [5, 5.41) is 0. The van der Waals surface area contributed by atoms with E-state index in [4.69, 9.17) is 9.15 Å². The minimum Gasteiger partial charge on any atom is -0.465 e. The first-order chi connectivity index (χ1) is 11.0. The summed E-state index contributed by atoms with van der Waals surface area (Å²) in [7, 11) is 1.24. The number of halogens is 2. The number of rotatable bonds is 5. The van der Waals surface area contributed by atoms with Gasteiger partial charge in [-0.05, 0) is 30.3 Å². The fourth-order valence-corrected chi connectivity index (χ4v) is 2.11. The van der Waals surface area contributed by atoms with Crippen LogP contribution in [-0.2, 0) is 20.9 Å². The van der Waals surface area contributed by atoms with E-state index in [2.05, 4.69) is 20.7 Å². The van der Waals surface area contributed by atoms with Crippen LogP contribution in [0.3, 0.4) is 0 Å². The fourth-order valence-electron chi connectivity index (χ4n) is 1.73. The Kier molecular flexibility index (Phi) is 5.70. The van der Waals surface area contributed by atoms with Crippen molar-refractivity contribution >= 4 is 33.9 Å². The number of carbonyl (C=O) groups is 2. The molecule has 0 spiro atoms. The molecule has 0 unspecified atom stereocenters. The van der Waals surface area contributed by atoms with Crippen molar-refractivity contribution in [2.24, 2.45) is 0 Å². The van der Waals surface area contributed by atoms with Crippen LogP contribution >= 0.6 is 15.9 Å². The molecule has 0 atom stereocenters. The Morgan fingerprint density at radius 1 is 1.35 bits per heavy atom. The third-order valence-electron chi connectivity index (χ3n) is 2.85. The third-order valence-corrected chi connectivity index (χ3v) is 3.35. The summed E-state index contributed by atoms with van der Waals surface area (Å²) in [6.45, 7) is -0.235. The number of ether oxygens (including phenoxy) is 2. The molecule has 2 aromatic rings. The Hall–Kier alpha value is -2.41. The lowest BCUT2D eigenvalue weighted by Crippen LogP contribution is -2.06. The van der Waals surface area contributed by atoms with Crippen molar-refractivity contribution in [1.29, 1.82) is 0 Å². The van der Waals surface area contributed by atoms with Crippen LogP contribution in [-0.4, -0.2) is 19.0 Å². The van der Waals surface area contributed by atoms with Crippen LogP contribution in [0.15, 0.2) is 45.5 Å². The van der Waals surface area contributed by atoms with E-state index in [0.717, 1.165) is 6.08 Å². The number of hydrogen-bond donors (Lipinski definition) is 0. The van der Waals surface area contributed by atoms with Gasteiger partial charge < -0.3 is 13.9 Å². The topological polar surface area (TPSA) is 65.7 Å². The number of esters is 2. The smallest absolute Gasteiger partial charge is 0.341 e. The quantitative estimate of drug-likeness (QED) is 0.582. The highest BCUT2D eigenvalue weighted by Gasteiger charge is 2.16. The predicted octanol–water partition coefficient (Wildman–Crippen LogP) is 3.72. The molecule has 1 aromatic carbocycles. The second-order valence-corrected chi connectivity index (χ2v) is 5.27. The highest BCUT2D eigenvalue weighted by atomic mass is 79.9. The average molecular weight is 383 g/mol. The highest BCUT2D eigenvalue weighted by Crippen LogP contribution is 2.17. The molecular weight excluding hydrogens is 371 g/mol. The molecule has 5 nitrogen and oxygen atoms in total. The van der Waals surface area contributed by atoms with Gasteiger partial charge in [0, 0.05) is 16.1 Å². The number of furan rings is 1. The average Bonchev–Trinajstić information content (AvgIpc) is 3.01. The van der Waals surface area contributed by atoms with E-state index in [0.29, 0.717) is 4.47 Å². The molecule has 0 radical (unpaired) electrons. The maximum Gasteiger partial charge on any atom is 0.341 e. The van der Waals surface area contributed by atoms with E-state index in [1.54, 1.807) is 6.07 Å². The van der Waals surface area contributed by atoms with Gasteiger partial charge in [0.2, 0.25) is 0 Å². The maximum atomic E-state index is 13.5. The lowest BCUT2D eigenvalue weighted by Gasteiger charge is -2.02. The molecule has 0 amide bonds. The summed E-state index contributed by atoms with van der Waals surface area (Å²) < 4.78 is 28.8. The Balaban J connectivity index is 1.98. The van der Waals surface area contributed by atoms with Crippen LogP contribution in [0.2, 0.25) is 0 Å². The van der Waals surface area contributed by atoms with Crippen molar-refractivity contribution < 1.29 is 27.9 Å². The van der Waals surface area contributed by atoms with Gasteiger partial charge >= 0.3 is 11.9 Å². The zero-order valence-electron chi connectivity index (χ0n) is 12.0. The molecule has 23 heavy (non-hydrogen) atoms. The lowest BCUT2D eigenvalue weighted by molar-refractivity contribution is -0.139. The standard InChI is InChI=1S/C16H12BrFO5/c1-21-16(20)12-6-7-22-14(12)9-23-15(19)5-2-10-8-11(17)3-4-13(10)18/h2-8H,9H2,1H3/b5-2+. The van der Waals surface area contributed by atoms with Crippen LogP contribution in [0.25, 0.3) is 6.08 Å². The highest BCUT2D eigenvalue weighted by molar-refractivity contribution is 9.10. The molecule has 1 aromatic heterocycles. The van der Waals surface area contributed by atoms with E-state index >= 15 is 0 Å². The summed E-state index contributed by atoms with van der Waals surface area (Å²) in [4.78, 5) is 23.1. The molecular formula is C16H12BrFO5. The zero-order valence-corrected chi connectivity index (χ0v) is 13.6. The van der Waals surface area contributed by atoms with Crippen LogP contribution in [0.4, 0.5) is 4.39 Å². The van der Waals surface area contributed by atoms with Crippen molar-refractivity contribution in [2.75, 3.05) is 7.11 Å². The SMILES string of the molecule is COC(=O)c1ccoc1COC(=O)/C=C/c1cc(Br)ccc1F. The minimum atomic E-state index is -0.698. The molecule has 0 aliphatic heterocycles. The van der Waals surface area contributed by atoms with Gasteiger partial charge in [-0.1, -0.05) is 15.9 Å². The van der Waals surface area contributed by atoms with E-state index in [1.165, 1.54) is 37.6 Å². The van der Waals surface area contributed by atoms with Crippen molar-refractivity contribution in [2.45, 2.75) is 6.61 Å². The first kappa shape index (κ1) is 17.0. The van der Waals surface area contributed by atoms with E-state index in [-0.39, 0.29) is 23.5 Å². The van der Waals surface area contributed by atoms with Crippen molar-refractivity contribution in [3.05, 3.63) is 63.8 Å². The second-order valence-electron chi connectivity index (χ2n) is 4.36. The molecule has 0 saturated carbocycles. The summed E-state index contributed by atoms with van der Waals surface area (Å²) in [5.41, 5.74) is 0.423. The third kappa shape index (κ3) is 4.53. The summed E-state index contributed by atoms with van der Waals surface area (Å²) in [6, 6.07) is 5.78. The Labute approximate surface area is 139 Å². The monoisotopic (exact) mass is 382 g/mol. The predicted molar refractivity (Wildman–Crippen MR) is 83.0 cm³/mol. The van der Waals surface area contributed by atoms with Gasteiger partial charge in [-0.3, -0.25) is 0 Å². The Morgan fingerprint density at radius 2 is 2.13 bits per heavy atom. The van der Waals surface area contributed by atoms with Gasteiger partial charge in [-0.2, -0.15) is 0 Å². The summed E-state index contributed by atoms with van der Waals surface area (Å²) in [6.07, 6.45) is 3.68. The molecule has 2 rings (SSSR count). The van der Waals surface area contributed by atoms with Crippen molar-refractivity contribution in [3.8, 4) is 0 Å². The van der Waals surface area contributed by atoms with Crippen molar-refractivity contribution in [1.82, 2.24) is 0 Å². The normalized spacial score (nSPS) is 10.7. The van der Waals surface area contributed by atoms with Crippen LogP contribution in [0.5, 0.6) is 0 Å². The van der Waals surface area contributed by atoms with Crippen molar-refractivity contribution in [3.63, 3.8) is 0 Å². The van der Waals surface area contributed by atoms with Gasteiger partial charge in [0.25, 0.3) is 0 Å². The van der Waals surface area contributed by atoms with Crippen LogP contribution in [0.1, 0.15) is 21.7 Å². The molecule has 0 bridgehead atoms. The molecule has 0 saturated heterocycles. The van der Waals surface area contributed by atoms with Gasteiger partial charge in [0.1, 0.15) is 11.4 Å². The minimum absolute atomic E-state index is 0.173. The molecule has 120 valence electrons. The van der Waals surface area contributed by atoms with Crippen LogP contribution < -0.4 is 0 Å². The van der Waals surface area contributed by atoms with Gasteiger partial charge in [0.15, 0.2) is 12.4 Å². The first-order valence-electron chi connectivity index (χ1n) is 6.46. The summed E-state index contributed by atoms with van der Waals surface area (Å²) >= 11 is 3.22. The number of benzene rings is 1. The van der Waals surface area contributed by atoms with Crippen LogP contribution in [0, 0.1) is 5.82 Å². The largest absolute Gasteiger partial charge is 0.465 e. The van der Waals surface area contributed by atoms with Gasteiger partial charge in [0.05, 0.1) is 13.4 Å². The second kappa shape index (κ2) is 7.73. The van der Waals surface area contributed by atoms with Gasteiger partial charge in [-0.15, -0.1) is 0 Å². The van der Waals surface area contributed by atoms with E-state index in [9.17, 15) is 14.0 Å². The molecule has 1 heterocycles. The molecule has 0 fully saturated rings. The first-order valence-corrected chi connectivity index (χ1v) is 7.25. The number of carbonyl (C=O) groups excluding carboxylic acids is 2. The molecule has 0 aliphatic carbocycles. The Bertz CT molecular complexity index is 751. The van der Waals surface area contributed by atoms with E-state index < -0.39 is 17.8 Å². The molecule has 7 heteroatoms.